The molecule has 1 atom stereocenters. The van der Waals surface area contributed by atoms with Gasteiger partial charge in [-0.1, -0.05) is 18.2 Å². The van der Waals surface area contributed by atoms with Gasteiger partial charge in [-0.3, -0.25) is 9.78 Å². The molecule has 0 aliphatic rings. The average molecular weight is 378 g/mol. The van der Waals surface area contributed by atoms with Crippen LogP contribution in [-0.2, 0) is 11.2 Å². The number of carbonyl (C=O) groups is 1. The van der Waals surface area contributed by atoms with Crippen LogP contribution in [0.3, 0.4) is 0 Å². The van der Waals surface area contributed by atoms with Crippen LogP contribution in [0, 0.1) is 13.8 Å². The van der Waals surface area contributed by atoms with Crippen molar-refractivity contribution in [2.75, 3.05) is 14.2 Å². The molecule has 146 valence electrons. The lowest BCUT2D eigenvalue weighted by Crippen LogP contribution is -2.29. The van der Waals surface area contributed by atoms with Gasteiger partial charge in [-0.2, -0.15) is 0 Å². The molecule has 0 fully saturated rings. The van der Waals surface area contributed by atoms with Gasteiger partial charge >= 0.3 is 0 Å². The molecule has 5 nitrogen and oxygen atoms in total. The third-order valence-electron chi connectivity index (χ3n) is 5.11. The van der Waals surface area contributed by atoms with Crippen LogP contribution in [0.25, 0.3) is 10.9 Å². The molecule has 28 heavy (non-hydrogen) atoms. The van der Waals surface area contributed by atoms with Crippen molar-refractivity contribution in [1.29, 1.82) is 0 Å². The van der Waals surface area contributed by atoms with E-state index in [1.807, 2.05) is 56.3 Å². The highest BCUT2D eigenvalue weighted by Crippen LogP contribution is 2.29. The van der Waals surface area contributed by atoms with Crippen LogP contribution in [0.4, 0.5) is 0 Å². The summed E-state index contributed by atoms with van der Waals surface area (Å²) >= 11 is 0. The van der Waals surface area contributed by atoms with Crippen molar-refractivity contribution in [3.63, 3.8) is 0 Å². The number of benzene rings is 2. The summed E-state index contributed by atoms with van der Waals surface area (Å²) in [6.07, 6.45) is 0.290. The molecule has 1 N–H and O–H groups in total. The second-order valence-corrected chi connectivity index (χ2v) is 6.89. The Morgan fingerprint density at radius 3 is 2.57 bits per heavy atom. The zero-order chi connectivity index (χ0) is 20.3. The lowest BCUT2D eigenvalue weighted by Gasteiger charge is -2.19. The number of aryl methyl sites for hydroxylation is 2. The quantitative estimate of drug-likeness (QED) is 0.695. The van der Waals surface area contributed by atoms with Gasteiger partial charge in [0.25, 0.3) is 0 Å². The zero-order valence-electron chi connectivity index (χ0n) is 17.0. The van der Waals surface area contributed by atoms with E-state index in [0.717, 1.165) is 33.3 Å². The Morgan fingerprint density at radius 2 is 1.86 bits per heavy atom. The van der Waals surface area contributed by atoms with E-state index in [9.17, 15) is 4.79 Å². The Labute approximate surface area is 165 Å². The molecule has 0 saturated carbocycles. The molecule has 2 aromatic carbocycles. The smallest absolute Gasteiger partial charge is 0.224 e. The second kappa shape index (κ2) is 8.30. The molecule has 1 amide bonds. The topological polar surface area (TPSA) is 60.5 Å². The number of methoxy groups -OCH3 is 2. The third-order valence-corrected chi connectivity index (χ3v) is 5.11. The van der Waals surface area contributed by atoms with Crippen LogP contribution < -0.4 is 14.8 Å². The molecule has 3 rings (SSSR count). The maximum absolute atomic E-state index is 12.8. The molecule has 1 unspecified atom stereocenters. The van der Waals surface area contributed by atoms with Crippen molar-refractivity contribution in [1.82, 2.24) is 10.3 Å². The van der Waals surface area contributed by atoms with Crippen molar-refractivity contribution < 1.29 is 14.3 Å². The highest BCUT2D eigenvalue weighted by atomic mass is 16.5. The van der Waals surface area contributed by atoms with E-state index in [-0.39, 0.29) is 18.4 Å². The number of nitrogens with one attached hydrogen (secondary N) is 1. The monoisotopic (exact) mass is 378 g/mol. The van der Waals surface area contributed by atoms with E-state index in [4.69, 9.17) is 9.47 Å². The van der Waals surface area contributed by atoms with E-state index in [2.05, 4.69) is 17.2 Å². The molecular formula is C23H26N2O3. The first-order valence-electron chi connectivity index (χ1n) is 9.30. The summed E-state index contributed by atoms with van der Waals surface area (Å²) in [6.45, 7) is 5.95. The van der Waals surface area contributed by atoms with E-state index in [1.165, 1.54) is 0 Å². The molecule has 0 aliphatic heterocycles. The van der Waals surface area contributed by atoms with Gasteiger partial charge in [-0.15, -0.1) is 0 Å². The summed E-state index contributed by atoms with van der Waals surface area (Å²) < 4.78 is 10.7. The van der Waals surface area contributed by atoms with Gasteiger partial charge in [0.05, 0.1) is 32.2 Å². The Morgan fingerprint density at radius 1 is 1.11 bits per heavy atom. The number of nitrogens with zero attached hydrogens (tertiary/aromatic N) is 1. The van der Waals surface area contributed by atoms with Gasteiger partial charge in [-0.25, -0.2) is 0 Å². The lowest BCUT2D eigenvalue weighted by atomic mass is 9.99. The van der Waals surface area contributed by atoms with Crippen molar-refractivity contribution in [3.8, 4) is 11.5 Å². The summed E-state index contributed by atoms with van der Waals surface area (Å²) in [5.74, 6) is 1.35. The van der Waals surface area contributed by atoms with Crippen molar-refractivity contribution in [2.24, 2.45) is 0 Å². The van der Waals surface area contributed by atoms with Crippen LogP contribution >= 0.6 is 0 Å². The maximum atomic E-state index is 12.8. The number of carbonyl (C=O) groups excluding carboxylic acids is 1. The molecule has 1 heterocycles. The number of hydrogen-bond acceptors (Lipinski definition) is 4. The van der Waals surface area contributed by atoms with Crippen molar-refractivity contribution in [2.45, 2.75) is 33.2 Å². The molecule has 0 spiro atoms. The van der Waals surface area contributed by atoms with Crippen LogP contribution in [-0.4, -0.2) is 25.1 Å². The number of aromatic nitrogens is 1. The number of rotatable bonds is 6. The normalized spacial score (nSPS) is 11.9. The standard InChI is InChI=1S/C23H26N2O3/c1-14-18-8-6-7-9-21(18)24-16(3)20(14)13-23(26)25-15(2)19-11-10-17(27-4)12-22(19)28-5/h6-12,15H,13H2,1-5H3,(H,25,26). The number of fused-ring (bicyclic) bond motifs is 1. The number of hydrogen-bond donors (Lipinski definition) is 1. The minimum absolute atomic E-state index is 0.0475. The fraction of sp³-hybridized carbons (Fsp3) is 0.304. The molecular weight excluding hydrogens is 352 g/mol. The van der Waals surface area contributed by atoms with E-state index in [0.29, 0.717) is 11.5 Å². The predicted octanol–water partition coefficient (Wildman–Crippen LogP) is 4.29. The number of amides is 1. The molecule has 0 aliphatic carbocycles. The van der Waals surface area contributed by atoms with Gasteiger partial charge in [0.1, 0.15) is 11.5 Å². The number of ether oxygens (including phenoxy) is 2. The largest absolute Gasteiger partial charge is 0.497 e. The van der Waals surface area contributed by atoms with Crippen LogP contribution in [0.2, 0.25) is 0 Å². The second-order valence-electron chi connectivity index (χ2n) is 6.89. The summed E-state index contributed by atoms with van der Waals surface area (Å²) in [7, 11) is 3.22. The first kappa shape index (κ1) is 19.7. The van der Waals surface area contributed by atoms with Gasteiger partial charge in [0.15, 0.2) is 0 Å². The fourth-order valence-corrected chi connectivity index (χ4v) is 3.54. The first-order chi connectivity index (χ1) is 13.4. The van der Waals surface area contributed by atoms with Gasteiger partial charge in [0, 0.05) is 22.7 Å². The Balaban J connectivity index is 1.80. The average Bonchev–Trinajstić information content (AvgIpc) is 2.70. The lowest BCUT2D eigenvalue weighted by molar-refractivity contribution is -0.121. The van der Waals surface area contributed by atoms with E-state index >= 15 is 0 Å². The Kier molecular flexibility index (Phi) is 5.83. The first-order valence-corrected chi connectivity index (χ1v) is 9.30. The van der Waals surface area contributed by atoms with E-state index in [1.54, 1.807) is 14.2 Å². The minimum Gasteiger partial charge on any atom is -0.497 e. The summed E-state index contributed by atoms with van der Waals surface area (Å²) in [6, 6.07) is 13.4. The molecule has 5 heteroatoms. The Hall–Kier alpha value is -3.08. The van der Waals surface area contributed by atoms with Gasteiger partial charge in [-0.05, 0) is 50.1 Å². The number of pyridine rings is 1. The summed E-state index contributed by atoms with van der Waals surface area (Å²) in [5.41, 5.74) is 4.83. The van der Waals surface area contributed by atoms with Crippen LogP contribution in [0.15, 0.2) is 42.5 Å². The summed E-state index contributed by atoms with van der Waals surface area (Å²) in [5, 5.41) is 4.16. The van der Waals surface area contributed by atoms with Gasteiger partial charge in [0.2, 0.25) is 5.91 Å². The third kappa shape index (κ3) is 3.93. The molecule has 0 bridgehead atoms. The van der Waals surface area contributed by atoms with Gasteiger partial charge < -0.3 is 14.8 Å². The molecule has 3 aromatic rings. The van der Waals surface area contributed by atoms with Crippen molar-refractivity contribution >= 4 is 16.8 Å². The highest BCUT2D eigenvalue weighted by molar-refractivity contribution is 5.86. The van der Waals surface area contributed by atoms with Crippen molar-refractivity contribution in [3.05, 3.63) is 64.8 Å². The molecule has 0 radical (unpaired) electrons. The SMILES string of the molecule is COc1ccc(C(C)NC(=O)Cc2c(C)nc3ccccc3c2C)c(OC)c1. The predicted molar refractivity (Wildman–Crippen MR) is 111 cm³/mol. The zero-order valence-corrected chi connectivity index (χ0v) is 17.0. The molecule has 0 saturated heterocycles. The molecule has 1 aromatic heterocycles. The van der Waals surface area contributed by atoms with E-state index < -0.39 is 0 Å². The number of para-hydroxylation sites is 1. The summed E-state index contributed by atoms with van der Waals surface area (Å²) in [4.78, 5) is 17.4. The minimum atomic E-state index is -0.192. The maximum Gasteiger partial charge on any atom is 0.224 e. The Bertz CT molecular complexity index is 1010. The van der Waals surface area contributed by atoms with Crippen LogP contribution in [0.5, 0.6) is 11.5 Å². The fourth-order valence-electron chi connectivity index (χ4n) is 3.54. The van der Waals surface area contributed by atoms with Crippen LogP contribution in [0.1, 0.15) is 35.3 Å². The highest BCUT2D eigenvalue weighted by Gasteiger charge is 2.17.